The smallest absolute Gasteiger partial charge is 0.233 e. The Morgan fingerprint density at radius 3 is 2.50 bits per heavy atom. The SMILES string of the molecule is CC(CCC(=O)NN)OCCOC(C)(C)C. The molecule has 0 fully saturated rings. The maximum absolute atomic E-state index is 10.9. The van der Waals surface area contributed by atoms with Gasteiger partial charge in [-0.2, -0.15) is 0 Å². The van der Waals surface area contributed by atoms with Crippen molar-refractivity contribution in [3.8, 4) is 0 Å². The zero-order valence-corrected chi connectivity index (χ0v) is 10.7. The van der Waals surface area contributed by atoms with Crippen LogP contribution in [0.15, 0.2) is 0 Å². The quantitative estimate of drug-likeness (QED) is 0.297. The van der Waals surface area contributed by atoms with Gasteiger partial charge in [0.05, 0.1) is 24.9 Å². The number of ether oxygens (including phenoxy) is 2. The molecule has 0 rings (SSSR count). The summed E-state index contributed by atoms with van der Waals surface area (Å²) < 4.78 is 11.0. The van der Waals surface area contributed by atoms with Crippen molar-refractivity contribution in [3.05, 3.63) is 0 Å². The lowest BCUT2D eigenvalue weighted by Gasteiger charge is -2.20. The van der Waals surface area contributed by atoms with Crippen molar-refractivity contribution in [2.75, 3.05) is 13.2 Å². The molecule has 5 nitrogen and oxygen atoms in total. The number of carbonyl (C=O) groups excluding carboxylic acids is 1. The first kappa shape index (κ1) is 15.3. The minimum Gasteiger partial charge on any atom is -0.376 e. The standard InChI is InChI=1S/C11H24N2O3/c1-9(5-6-10(14)13-12)15-7-8-16-11(2,3)4/h9H,5-8,12H2,1-4H3,(H,13,14). The topological polar surface area (TPSA) is 73.6 Å². The van der Waals surface area contributed by atoms with Crippen LogP contribution >= 0.6 is 0 Å². The Balaban J connectivity index is 3.44. The maximum atomic E-state index is 10.9. The molecule has 0 spiro atoms. The Kier molecular flexibility index (Phi) is 7.29. The Hall–Kier alpha value is -0.650. The van der Waals surface area contributed by atoms with Crippen LogP contribution in [0.2, 0.25) is 0 Å². The second-order valence-electron chi connectivity index (χ2n) is 4.75. The predicted octanol–water partition coefficient (Wildman–Crippen LogP) is 0.977. The molecule has 0 heterocycles. The second-order valence-corrected chi connectivity index (χ2v) is 4.75. The van der Waals surface area contributed by atoms with Gasteiger partial charge in [0.15, 0.2) is 0 Å². The predicted molar refractivity (Wildman–Crippen MR) is 62.7 cm³/mol. The van der Waals surface area contributed by atoms with Gasteiger partial charge in [0.1, 0.15) is 0 Å². The van der Waals surface area contributed by atoms with Crippen LogP contribution in [0.25, 0.3) is 0 Å². The van der Waals surface area contributed by atoms with E-state index in [-0.39, 0.29) is 17.6 Å². The molecular formula is C11H24N2O3. The fourth-order valence-corrected chi connectivity index (χ4v) is 1.09. The molecule has 0 aromatic rings. The molecule has 5 heteroatoms. The third-order valence-corrected chi connectivity index (χ3v) is 1.96. The molecule has 0 aromatic heterocycles. The monoisotopic (exact) mass is 232 g/mol. The van der Waals surface area contributed by atoms with E-state index in [1.807, 2.05) is 27.7 Å². The van der Waals surface area contributed by atoms with E-state index in [1.54, 1.807) is 0 Å². The fourth-order valence-electron chi connectivity index (χ4n) is 1.09. The largest absolute Gasteiger partial charge is 0.376 e. The van der Waals surface area contributed by atoms with Gasteiger partial charge < -0.3 is 9.47 Å². The van der Waals surface area contributed by atoms with Crippen LogP contribution in [0.1, 0.15) is 40.5 Å². The molecule has 0 saturated carbocycles. The third-order valence-electron chi connectivity index (χ3n) is 1.96. The minimum atomic E-state index is -0.165. The van der Waals surface area contributed by atoms with Crippen molar-refractivity contribution in [2.45, 2.75) is 52.2 Å². The molecule has 0 bridgehead atoms. The third kappa shape index (κ3) is 9.89. The average molecular weight is 232 g/mol. The molecule has 96 valence electrons. The number of rotatable bonds is 7. The van der Waals surface area contributed by atoms with Crippen molar-refractivity contribution in [2.24, 2.45) is 5.84 Å². The van der Waals surface area contributed by atoms with Crippen molar-refractivity contribution in [1.29, 1.82) is 0 Å². The Morgan fingerprint density at radius 2 is 2.00 bits per heavy atom. The number of hydrogen-bond acceptors (Lipinski definition) is 4. The molecule has 16 heavy (non-hydrogen) atoms. The van der Waals surface area contributed by atoms with Gasteiger partial charge in [0, 0.05) is 6.42 Å². The van der Waals surface area contributed by atoms with Crippen LogP contribution < -0.4 is 11.3 Å². The molecule has 0 aliphatic heterocycles. The van der Waals surface area contributed by atoms with Gasteiger partial charge in [-0.15, -0.1) is 0 Å². The highest BCUT2D eigenvalue weighted by Gasteiger charge is 2.10. The summed E-state index contributed by atoms with van der Waals surface area (Å²) >= 11 is 0. The highest BCUT2D eigenvalue weighted by Crippen LogP contribution is 2.07. The maximum Gasteiger partial charge on any atom is 0.233 e. The summed E-state index contributed by atoms with van der Waals surface area (Å²) in [5.74, 6) is 4.80. The van der Waals surface area contributed by atoms with E-state index in [0.29, 0.717) is 26.1 Å². The molecular weight excluding hydrogens is 208 g/mol. The minimum absolute atomic E-state index is 0.0425. The summed E-state index contributed by atoms with van der Waals surface area (Å²) in [6, 6.07) is 0. The first-order chi connectivity index (χ1) is 7.35. The van der Waals surface area contributed by atoms with Crippen LogP contribution in [0.3, 0.4) is 0 Å². The van der Waals surface area contributed by atoms with E-state index in [4.69, 9.17) is 15.3 Å². The molecule has 3 N–H and O–H groups in total. The lowest BCUT2D eigenvalue weighted by atomic mass is 10.2. The van der Waals surface area contributed by atoms with Crippen molar-refractivity contribution in [3.63, 3.8) is 0 Å². The number of hydrogen-bond donors (Lipinski definition) is 2. The second kappa shape index (κ2) is 7.60. The molecule has 1 unspecified atom stereocenters. The summed E-state index contributed by atoms with van der Waals surface area (Å²) in [7, 11) is 0. The lowest BCUT2D eigenvalue weighted by molar-refractivity contribution is -0.122. The molecule has 0 aliphatic carbocycles. The van der Waals surface area contributed by atoms with Gasteiger partial charge >= 0.3 is 0 Å². The molecule has 0 radical (unpaired) electrons. The van der Waals surface area contributed by atoms with E-state index < -0.39 is 0 Å². The van der Waals surface area contributed by atoms with Gasteiger partial charge in [-0.1, -0.05) is 0 Å². The van der Waals surface area contributed by atoms with Crippen LogP contribution in [0.4, 0.5) is 0 Å². The highest BCUT2D eigenvalue weighted by molar-refractivity contribution is 5.75. The number of amides is 1. The molecule has 1 atom stereocenters. The van der Waals surface area contributed by atoms with Crippen LogP contribution in [-0.2, 0) is 14.3 Å². The molecule has 1 amide bonds. The Labute approximate surface area is 97.6 Å². The number of carbonyl (C=O) groups is 1. The zero-order chi connectivity index (χ0) is 12.6. The van der Waals surface area contributed by atoms with Gasteiger partial charge in [-0.05, 0) is 34.1 Å². The number of nitrogens with one attached hydrogen (secondary N) is 1. The molecule has 0 aromatic carbocycles. The average Bonchev–Trinajstić information content (AvgIpc) is 2.19. The van der Waals surface area contributed by atoms with Gasteiger partial charge in [0.2, 0.25) is 5.91 Å². The van der Waals surface area contributed by atoms with E-state index >= 15 is 0 Å². The molecule has 0 saturated heterocycles. The van der Waals surface area contributed by atoms with Crippen molar-refractivity contribution < 1.29 is 14.3 Å². The van der Waals surface area contributed by atoms with E-state index in [1.165, 1.54) is 0 Å². The first-order valence-electron chi connectivity index (χ1n) is 5.60. The normalized spacial score (nSPS) is 13.6. The van der Waals surface area contributed by atoms with Gasteiger partial charge in [0.25, 0.3) is 0 Å². The summed E-state index contributed by atoms with van der Waals surface area (Å²) in [5, 5.41) is 0. The summed E-state index contributed by atoms with van der Waals surface area (Å²) in [5.41, 5.74) is 1.96. The van der Waals surface area contributed by atoms with E-state index in [9.17, 15) is 4.79 Å². The fraction of sp³-hybridized carbons (Fsp3) is 0.909. The van der Waals surface area contributed by atoms with Gasteiger partial charge in [-0.25, -0.2) is 5.84 Å². The first-order valence-corrected chi connectivity index (χ1v) is 5.60. The lowest BCUT2D eigenvalue weighted by Crippen LogP contribution is -2.30. The number of nitrogens with two attached hydrogens (primary N) is 1. The highest BCUT2D eigenvalue weighted by atomic mass is 16.5. The summed E-state index contributed by atoms with van der Waals surface area (Å²) in [6.07, 6.45) is 1.09. The van der Waals surface area contributed by atoms with Gasteiger partial charge in [-0.3, -0.25) is 10.2 Å². The molecule has 0 aliphatic rings. The van der Waals surface area contributed by atoms with Crippen LogP contribution in [0, 0.1) is 0 Å². The summed E-state index contributed by atoms with van der Waals surface area (Å²) in [6.45, 7) is 9.05. The van der Waals surface area contributed by atoms with E-state index in [0.717, 1.165) is 0 Å². The Morgan fingerprint density at radius 1 is 1.38 bits per heavy atom. The Bertz CT molecular complexity index is 202. The van der Waals surface area contributed by atoms with Crippen molar-refractivity contribution >= 4 is 5.91 Å². The van der Waals surface area contributed by atoms with Crippen LogP contribution in [0.5, 0.6) is 0 Å². The summed E-state index contributed by atoms with van der Waals surface area (Å²) in [4.78, 5) is 10.9. The number of hydrazine groups is 1. The van der Waals surface area contributed by atoms with E-state index in [2.05, 4.69) is 5.43 Å². The van der Waals surface area contributed by atoms with Crippen molar-refractivity contribution in [1.82, 2.24) is 5.43 Å². The zero-order valence-electron chi connectivity index (χ0n) is 10.7. The van der Waals surface area contributed by atoms with Crippen LogP contribution in [-0.4, -0.2) is 30.8 Å².